The maximum absolute atomic E-state index is 12.1. The van der Waals surface area contributed by atoms with E-state index in [4.69, 9.17) is 0 Å². The highest BCUT2D eigenvalue weighted by Gasteiger charge is 2.54. The Morgan fingerprint density at radius 3 is 2.35 bits per heavy atom. The Bertz CT molecular complexity index is 520. The van der Waals surface area contributed by atoms with Gasteiger partial charge in [0.05, 0.1) is 5.71 Å². The number of carbonyl (C=O) groups is 1. The zero-order chi connectivity index (χ0) is 14.1. The lowest BCUT2D eigenvalue weighted by atomic mass is 10.0. The smallest absolute Gasteiger partial charge is 0.243 e. The second-order valence-electron chi connectivity index (χ2n) is 6.18. The van der Waals surface area contributed by atoms with Crippen LogP contribution < -0.4 is 5.43 Å². The van der Waals surface area contributed by atoms with Crippen LogP contribution in [0.5, 0.6) is 0 Å². The summed E-state index contributed by atoms with van der Waals surface area (Å²) in [5, 5.41) is 4.26. The monoisotopic (exact) mass is 270 g/mol. The number of hydrogen-bond acceptors (Lipinski definition) is 2. The van der Waals surface area contributed by atoms with Gasteiger partial charge in [-0.15, -0.1) is 0 Å². The number of aryl methyl sites for hydroxylation is 1. The standard InChI is InChI=1S/C17H22N2O/c1-11-7-9-13(10-8-11)12(2)18-19-17(20)16-14-5-3-4-6-15(14)16/h7-10,14-16H,3-6H2,1-2H3,(H,19,20)/b18-12-/t14-,15+,16?. The Morgan fingerprint density at radius 2 is 1.75 bits per heavy atom. The molecule has 20 heavy (non-hydrogen) atoms. The average Bonchev–Trinajstić information content (AvgIpc) is 3.19. The minimum absolute atomic E-state index is 0.119. The van der Waals surface area contributed by atoms with Gasteiger partial charge in [-0.1, -0.05) is 42.7 Å². The van der Waals surface area contributed by atoms with Crippen LogP contribution in [-0.2, 0) is 4.79 Å². The van der Waals surface area contributed by atoms with E-state index in [1.54, 1.807) is 0 Å². The average molecular weight is 270 g/mol. The highest BCUT2D eigenvalue weighted by molar-refractivity contribution is 5.99. The third kappa shape index (κ3) is 2.62. The van der Waals surface area contributed by atoms with Crippen LogP contribution in [0.25, 0.3) is 0 Å². The fourth-order valence-corrected chi connectivity index (χ4v) is 3.45. The lowest BCUT2D eigenvalue weighted by Gasteiger charge is -2.04. The fraction of sp³-hybridized carbons (Fsp3) is 0.529. The van der Waals surface area contributed by atoms with Gasteiger partial charge >= 0.3 is 0 Å². The van der Waals surface area contributed by atoms with E-state index < -0.39 is 0 Å². The van der Waals surface area contributed by atoms with Crippen LogP contribution >= 0.6 is 0 Å². The second kappa shape index (κ2) is 5.39. The molecule has 2 fully saturated rings. The topological polar surface area (TPSA) is 41.5 Å². The zero-order valence-electron chi connectivity index (χ0n) is 12.2. The molecule has 0 aromatic heterocycles. The highest BCUT2D eigenvalue weighted by atomic mass is 16.2. The molecule has 0 radical (unpaired) electrons. The predicted molar refractivity (Wildman–Crippen MR) is 80.5 cm³/mol. The summed E-state index contributed by atoms with van der Waals surface area (Å²) < 4.78 is 0. The third-order valence-electron chi connectivity index (χ3n) is 4.76. The van der Waals surface area contributed by atoms with Crippen molar-refractivity contribution in [3.8, 4) is 0 Å². The van der Waals surface area contributed by atoms with E-state index >= 15 is 0 Å². The summed E-state index contributed by atoms with van der Waals surface area (Å²) in [6.07, 6.45) is 5.03. The third-order valence-corrected chi connectivity index (χ3v) is 4.76. The first-order valence-corrected chi connectivity index (χ1v) is 7.58. The zero-order valence-corrected chi connectivity index (χ0v) is 12.2. The number of nitrogens with one attached hydrogen (secondary N) is 1. The second-order valence-corrected chi connectivity index (χ2v) is 6.18. The number of carbonyl (C=O) groups excluding carboxylic acids is 1. The molecule has 1 N–H and O–H groups in total. The molecule has 0 aliphatic heterocycles. The Morgan fingerprint density at radius 1 is 1.15 bits per heavy atom. The molecular weight excluding hydrogens is 248 g/mol. The van der Waals surface area contributed by atoms with Gasteiger partial charge in [-0.3, -0.25) is 4.79 Å². The summed E-state index contributed by atoms with van der Waals surface area (Å²) in [6, 6.07) is 8.20. The van der Waals surface area contributed by atoms with Crippen LogP contribution in [0.4, 0.5) is 0 Å². The fourth-order valence-electron chi connectivity index (χ4n) is 3.45. The Labute approximate surface area is 120 Å². The van der Waals surface area contributed by atoms with Crippen LogP contribution in [0.1, 0.15) is 43.7 Å². The Hall–Kier alpha value is -1.64. The molecule has 1 aromatic rings. The van der Waals surface area contributed by atoms with Crippen LogP contribution in [0.15, 0.2) is 29.4 Å². The molecule has 106 valence electrons. The number of hydrogen-bond donors (Lipinski definition) is 1. The first-order valence-electron chi connectivity index (χ1n) is 7.58. The molecule has 1 amide bonds. The van der Waals surface area contributed by atoms with E-state index in [0.29, 0.717) is 11.8 Å². The van der Waals surface area contributed by atoms with Gasteiger partial charge < -0.3 is 0 Å². The Kier molecular flexibility index (Phi) is 3.60. The number of rotatable bonds is 3. The summed E-state index contributed by atoms with van der Waals surface area (Å²) in [4.78, 5) is 12.1. The lowest BCUT2D eigenvalue weighted by molar-refractivity contribution is -0.122. The molecular formula is C17H22N2O. The first-order chi connectivity index (χ1) is 9.66. The molecule has 0 spiro atoms. The maximum atomic E-state index is 12.1. The van der Waals surface area contributed by atoms with Gasteiger partial charge in [0, 0.05) is 5.92 Å². The van der Waals surface area contributed by atoms with Gasteiger partial charge in [0.2, 0.25) is 5.91 Å². The summed E-state index contributed by atoms with van der Waals surface area (Å²) >= 11 is 0. The largest absolute Gasteiger partial charge is 0.273 e. The number of hydrazone groups is 1. The quantitative estimate of drug-likeness (QED) is 0.664. The highest BCUT2D eigenvalue weighted by Crippen LogP contribution is 2.55. The molecule has 2 saturated carbocycles. The molecule has 3 rings (SSSR count). The van der Waals surface area contributed by atoms with Crippen molar-refractivity contribution in [1.29, 1.82) is 0 Å². The molecule has 1 aromatic carbocycles. The Balaban J connectivity index is 1.59. The van der Waals surface area contributed by atoms with Gasteiger partial charge in [-0.2, -0.15) is 5.10 Å². The van der Waals surface area contributed by atoms with E-state index in [-0.39, 0.29) is 11.8 Å². The van der Waals surface area contributed by atoms with Crippen molar-refractivity contribution in [2.45, 2.75) is 39.5 Å². The number of nitrogens with zero attached hydrogens (tertiary/aromatic N) is 1. The number of benzene rings is 1. The van der Waals surface area contributed by atoms with Gasteiger partial charge in [-0.25, -0.2) is 5.43 Å². The molecule has 2 aliphatic rings. The maximum Gasteiger partial charge on any atom is 0.243 e. The molecule has 0 saturated heterocycles. The van der Waals surface area contributed by atoms with E-state index in [2.05, 4.69) is 29.6 Å². The van der Waals surface area contributed by atoms with Crippen LogP contribution in [-0.4, -0.2) is 11.6 Å². The van der Waals surface area contributed by atoms with Crippen molar-refractivity contribution in [2.75, 3.05) is 0 Å². The van der Waals surface area contributed by atoms with Crippen LogP contribution in [0.2, 0.25) is 0 Å². The van der Waals surface area contributed by atoms with Crippen molar-refractivity contribution < 1.29 is 4.79 Å². The van der Waals surface area contributed by atoms with E-state index in [1.165, 1.54) is 31.2 Å². The molecule has 3 nitrogen and oxygen atoms in total. The van der Waals surface area contributed by atoms with Crippen molar-refractivity contribution in [3.05, 3.63) is 35.4 Å². The number of amides is 1. The van der Waals surface area contributed by atoms with Gasteiger partial charge in [0.25, 0.3) is 0 Å². The van der Waals surface area contributed by atoms with Crippen molar-refractivity contribution in [3.63, 3.8) is 0 Å². The molecule has 0 bridgehead atoms. The SMILES string of the molecule is C/C(=N/NC(=O)C1[C@H]2CCCC[C@@H]12)c1ccc(C)cc1. The predicted octanol–water partition coefficient (Wildman–Crippen LogP) is 3.27. The molecule has 0 heterocycles. The van der Waals surface area contributed by atoms with Gasteiger partial charge in [0.15, 0.2) is 0 Å². The van der Waals surface area contributed by atoms with Gasteiger partial charge in [0.1, 0.15) is 0 Å². The van der Waals surface area contributed by atoms with Crippen LogP contribution in [0.3, 0.4) is 0 Å². The molecule has 3 heteroatoms. The summed E-state index contributed by atoms with van der Waals surface area (Å²) in [7, 11) is 0. The summed E-state index contributed by atoms with van der Waals surface area (Å²) in [6.45, 7) is 4.00. The van der Waals surface area contributed by atoms with Gasteiger partial charge in [-0.05, 0) is 44.1 Å². The minimum atomic E-state index is 0.119. The van der Waals surface area contributed by atoms with Crippen molar-refractivity contribution in [2.24, 2.45) is 22.9 Å². The lowest BCUT2D eigenvalue weighted by Crippen LogP contribution is -2.22. The normalized spacial score (nSPS) is 28.7. The van der Waals surface area contributed by atoms with Crippen LogP contribution in [0, 0.1) is 24.7 Å². The van der Waals surface area contributed by atoms with Crippen molar-refractivity contribution >= 4 is 11.6 Å². The molecule has 2 aliphatic carbocycles. The minimum Gasteiger partial charge on any atom is -0.273 e. The molecule has 1 unspecified atom stereocenters. The molecule has 3 atom stereocenters. The summed E-state index contributed by atoms with van der Waals surface area (Å²) in [5.74, 6) is 1.62. The van der Waals surface area contributed by atoms with E-state index in [9.17, 15) is 4.79 Å². The van der Waals surface area contributed by atoms with E-state index in [0.717, 1.165) is 11.3 Å². The number of fused-ring (bicyclic) bond motifs is 1. The summed E-state index contributed by atoms with van der Waals surface area (Å²) in [5.41, 5.74) is 5.91. The van der Waals surface area contributed by atoms with Crippen molar-refractivity contribution in [1.82, 2.24) is 5.43 Å². The van der Waals surface area contributed by atoms with E-state index in [1.807, 2.05) is 19.1 Å². The first kappa shape index (κ1) is 13.3.